The van der Waals surface area contributed by atoms with Gasteiger partial charge in [0.25, 0.3) is 5.91 Å². The summed E-state index contributed by atoms with van der Waals surface area (Å²) in [5, 5.41) is 4.24. The van der Waals surface area contributed by atoms with Crippen LogP contribution in [0.25, 0.3) is 11.0 Å². The number of benzene rings is 2. The quantitative estimate of drug-likeness (QED) is 0.300. The van der Waals surface area contributed by atoms with Crippen LogP contribution in [-0.2, 0) is 6.54 Å². The lowest BCUT2D eigenvalue weighted by molar-refractivity contribution is 0.0992. The Hall–Kier alpha value is -2.74. The van der Waals surface area contributed by atoms with Crippen LogP contribution in [-0.4, -0.2) is 22.0 Å². The molecule has 0 aliphatic carbocycles. The summed E-state index contributed by atoms with van der Waals surface area (Å²) < 4.78 is 7.90. The highest BCUT2D eigenvalue weighted by Gasteiger charge is 2.16. The number of amides is 1. The zero-order chi connectivity index (χ0) is 20.1. The third kappa shape index (κ3) is 4.64. The molecule has 0 saturated carbocycles. The van der Waals surface area contributed by atoms with E-state index in [1.807, 2.05) is 54.6 Å². The molecule has 1 amide bonds. The number of hydrogen-bond acceptors (Lipinski definition) is 5. The molecular formula is C21H19ClN4O2S. The second-order valence-corrected chi connectivity index (χ2v) is 7.55. The summed E-state index contributed by atoms with van der Waals surface area (Å²) in [5.74, 6) is -0.0323. The van der Waals surface area contributed by atoms with Crippen molar-refractivity contribution in [3.8, 4) is 0 Å². The van der Waals surface area contributed by atoms with Crippen molar-refractivity contribution in [3.05, 3.63) is 72.5 Å². The summed E-state index contributed by atoms with van der Waals surface area (Å²) in [4.78, 5) is 19.8. The van der Waals surface area contributed by atoms with E-state index in [1.165, 1.54) is 11.8 Å². The summed E-state index contributed by atoms with van der Waals surface area (Å²) >= 11 is 6.98. The third-order valence-electron chi connectivity index (χ3n) is 4.30. The Bertz CT molecular complexity index is 1110. The minimum absolute atomic E-state index is 0.255. The Morgan fingerprint density at radius 2 is 1.86 bits per heavy atom. The molecule has 0 radical (unpaired) electrons. The van der Waals surface area contributed by atoms with E-state index in [-0.39, 0.29) is 11.7 Å². The van der Waals surface area contributed by atoms with Crippen LogP contribution in [0.2, 0.25) is 0 Å². The first-order chi connectivity index (χ1) is 14.2. The van der Waals surface area contributed by atoms with E-state index in [2.05, 4.69) is 14.7 Å². The van der Waals surface area contributed by atoms with E-state index in [0.29, 0.717) is 11.6 Å². The van der Waals surface area contributed by atoms with E-state index >= 15 is 0 Å². The van der Waals surface area contributed by atoms with E-state index in [0.717, 1.165) is 34.8 Å². The number of imidazole rings is 1. The van der Waals surface area contributed by atoms with E-state index in [4.69, 9.17) is 21.2 Å². The molecule has 0 saturated heterocycles. The maximum atomic E-state index is 12.4. The van der Waals surface area contributed by atoms with Gasteiger partial charge in [0.1, 0.15) is 0 Å². The van der Waals surface area contributed by atoms with Crippen LogP contribution < -0.4 is 10.2 Å². The topological polar surface area (TPSA) is 72.1 Å². The fourth-order valence-electron chi connectivity index (χ4n) is 2.95. The molecular weight excluding hydrogens is 408 g/mol. The van der Waals surface area contributed by atoms with Crippen molar-refractivity contribution in [2.45, 2.75) is 23.2 Å². The highest BCUT2D eigenvalue weighted by molar-refractivity contribution is 7.99. The summed E-state index contributed by atoms with van der Waals surface area (Å²) in [6.07, 6.45) is 0.861. The first kappa shape index (κ1) is 19.6. The first-order valence-corrected chi connectivity index (χ1v) is 10.4. The number of aryl methyl sites for hydroxylation is 1. The lowest BCUT2D eigenvalue weighted by atomic mass is 10.3. The number of para-hydroxylation sites is 3. The van der Waals surface area contributed by atoms with Crippen LogP contribution in [0, 0.1) is 0 Å². The molecule has 0 aliphatic rings. The minimum Gasteiger partial charge on any atom is -0.444 e. The highest BCUT2D eigenvalue weighted by atomic mass is 35.5. The van der Waals surface area contributed by atoms with Gasteiger partial charge in [-0.2, -0.15) is 0 Å². The number of nitrogens with zero attached hydrogens (tertiary/aromatic N) is 2. The lowest BCUT2D eigenvalue weighted by Crippen LogP contribution is -2.10. The average molecular weight is 427 g/mol. The number of carbonyl (C=O) groups is 1. The second-order valence-electron chi connectivity index (χ2n) is 6.31. The Morgan fingerprint density at radius 1 is 1.07 bits per heavy atom. The van der Waals surface area contributed by atoms with Crippen LogP contribution in [0.3, 0.4) is 0 Å². The summed E-state index contributed by atoms with van der Waals surface area (Å²) in [6, 6.07) is 20.7. The molecule has 29 heavy (non-hydrogen) atoms. The van der Waals surface area contributed by atoms with Crippen LogP contribution in [0.5, 0.6) is 0 Å². The molecule has 0 aliphatic heterocycles. The van der Waals surface area contributed by atoms with Gasteiger partial charge in [0.2, 0.25) is 0 Å². The van der Waals surface area contributed by atoms with Crippen molar-refractivity contribution in [1.82, 2.24) is 14.4 Å². The Labute approximate surface area is 177 Å². The Balaban J connectivity index is 1.53. The molecule has 2 aromatic heterocycles. The van der Waals surface area contributed by atoms with Crippen molar-refractivity contribution in [2.24, 2.45) is 0 Å². The monoisotopic (exact) mass is 426 g/mol. The van der Waals surface area contributed by atoms with Crippen molar-refractivity contribution in [1.29, 1.82) is 0 Å². The lowest BCUT2D eigenvalue weighted by Gasteiger charge is -2.07. The number of nitrogens with one attached hydrogen (secondary N) is 2. The van der Waals surface area contributed by atoms with Gasteiger partial charge in [-0.05, 0) is 66.4 Å². The number of anilines is 1. The van der Waals surface area contributed by atoms with Gasteiger partial charge in [-0.15, -0.1) is 0 Å². The van der Waals surface area contributed by atoms with Crippen molar-refractivity contribution in [3.63, 3.8) is 0 Å². The van der Waals surface area contributed by atoms with Gasteiger partial charge in [0, 0.05) is 18.8 Å². The van der Waals surface area contributed by atoms with E-state index in [9.17, 15) is 4.79 Å². The molecule has 148 valence electrons. The Kier molecular flexibility index (Phi) is 6.19. The molecule has 0 atom stereocenters. The second kappa shape index (κ2) is 9.17. The molecule has 6 nitrogen and oxygen atoms in total. The van der Waals surface area contributed by atoms with E-state index in [1.54, 1.807) is 12.1 Å². The van der Waals surface area contributed by atoms with Gasteiger partial charge in [0.15, 0.2) is 16.0 Å². The number of fused-ring (bicyclic) bond motifs is 1. The number of rotatable bonds is 8. The maximum Gasteiger partial charge on any atom is 0.291 e. The molecule has 4 aromatic rings. The van der Waals surface area contributed by atoms with Crippen molar-refractivity contribution in [2.75, 3.05) is 11.9 Å². The number of furan rings is 1. The van der Waals surface area contributed by atoms with Gasteiger partial charge in [-0.25, -0.2) is 9.82 Å². The number of carbonyl (C=O) groups excluding carboxylic acids is 1. The van der Waals surface area contributed by atoms with E-state index < -0.39 is 0 Å². The van der Waals surface area contributed by atoms with Crippen molar-refractivity contribution < 1.29 is 9.21 Å². The minimum atomic E-state index is -0.287. The summed E-state index contributed by atoms with van der Waals surface area (Å²) in [6.45, 7) is 1.47. The number of halogens is 1. The molecule has 0 fully saturated rings. The maximum absolute atomic E-state index is 12.4. The number of hydrogen-bond donors (Lipinski definition) is 2. The molecule has 2 aromatic carbocycles. The largest absolute Gasteiger partial charge is 0.444 e. The Morgan fingerprint density at radius 3 is 2.69 bits per heavy atom. The smallest absolute Gasteiger partial charge is 0.291 e. The molecule has 2 heterocycles. The standard InChI is InChI=1S/C21H19ClN4O2S/c22-23-13-6-14-26-17-10-5-4-9-16(17)25-21(26)29-19-12-11-18(28-19)20(27)24-15-7-2-1-3-8-15/h1-5,7-12,23H,6,13-14H2,(H,24,27). The molecule has 0 bridgehead atoms. The van der Waals surface area contributed by atoms with Crippen molar-refractivity contribution >= 4 is 46.2 Å². The SMILES string of the molecule is O=C(Nc1ccccc1)c1ccc(Sc2nc3ccccc3n2CCCNCl)o1. The molecule has 4 rings (SSSR count). The molecule has 8 heteroatoms. The average Bonchev–Trinajstić information content (AvgIpc) is 3.34. The van der Waals surface area contributed by atoms with Gasteiger partial charge in [0.05, 0.1) is 11.0 Å². The zero-order valence-electron chi connectivity index (χ0n) is 15.5. The van der Waals surface area contributed by atoms with Crippen LogP contribution in [0.4, 0.5) is 5.69 Å². The molecule has 0 spiro atoms. The molecule has 0 unspecified atom stereocenters. The van der Waals surface area contributed by atoms with Gasteiger partial charge < -0.3 is 14.3 Å². The third-order valence-corrected chi connectivity index (χ3v) is 5.41. The normalized spacial score (nSPS) is 11.1. The van der Waals surface area contributed by atoms with Gasteiger partial charge in [-0.3, -0.25) is 4.79 Å². The van der Waals surface area contributed by atoms with Gasteiger partial charge in [-0.1, -0.05) is 30.3 Å². The van der Waals surface area contributed by atoms with Crippen LogP contribution in [0.1, 0.15) is 17.0 Å². The fraction of sp³-hybridized carbons (Fsp3) is 0.143. The predicted octanol–water partition coefficient (Wildman–Crippen LogP) is 5.17. The van der Waals surface area contributed by atoms with Crippen LogP contribution >= 0.6 is 23.5 Å². The fourth-order valence-corrected chi connectivity index (χ4v) is 3.98. The van der Waals surface area contributed by atoms with Gasteiger partial charge >= 0.3 is 0 Å². The summed E-state index contributed by atoms with van der Waals surface area (Å²) in [7, 11) is 0. The summed E-state index contributed by atoms with van der Waals surface area (Å²) in [5.41, 5.74) is 2.69. The first-order valence-electron chi connectivity index (χ1n) is 9.17. The molecule has 2 N–H and O–H groups in total. The number of aromatic nitrogens is 2. The van der Waals surface area contributed by atoms with Crippen LogP contribution in [0.15, 0.2) is 81.4 Å². The zero-order valence-corrected chi connectivity index (χ0v) is 17.0. The predicted molar refractivity (Wildman–Crippen MR) is 115 cm³/mol. The highest BCUT2D eigenvalue weighted by Crippen LogP contribution is 2.32.